The maximum Gasteiger partial charge on any atom is 0.266 e. The number of primary sulfonamides is 1. The maximum atomic E-state index is 13.1. The second-order valence-electron chi connectivity index (χ2n) is 7.25. The number of sulfonamides is 1. The largest absolute Gasteiger partial charge is 0.490 e. The molecule has 8 nitrogen and oxygen atoms in total. The standard InChI is InChI=1S/C25H22FN3O5S/c1-2-33-24-14-18(5-12-23(24)34-16-17-3-6-20(26)7-4-17)13-19(15-27)25(30)29-21-8-10-22(11-9-21)35(28,31)32/h3-14H,2,16H2,1H3,(H,29,30)(H2,28,31,32)/b19-13-. The van der Waals surface area contributed by atoms with Gasteiger partial charge in [0, 0.05) is 5.69 Å². The zero-order valence-electron chi connectivity index (χ0n) is 18.7. The molecular formula is C25H22FN3O5S. The molecule has 0 aromatic heterocycles. The minimum Gasteiger partial charge on any atom is -0.490 e. The van der Waals surface area contributed by atoms with Crippen LogP contribution in [0.15, 0.2) is 77.2 Å². The molecule has 180 valence electrons. The molecule has 3 aromatic carbocycles. The number of carbonyl (C=O) groups excluding carboxylic acids is 1. The summed E-state index contributed by atoms with van der Waals surface area (Å²) in [6.45, 7) is 2.37. The van der Waals surface area contributed by atoms with Gasteiger partial charge in [-0.3, -0.25) is 4.79 Å². The van der Waals surface area contributed by atoms with E-state index in [0.29, 0.717) is 29.4 Å². The van der Waals surface area contributed by atoms with Gasteiger partial charge in [-0.1, -0.05) is 18.2 Å². The zero-order valence-corrected chi connectivity index (χ0v) is 19.5. The number of nitriles is 1. The molecule has 3 aromatic rings. The molecule has 35 heavy (non-hydrogen) atoms. The molecule has 3 rings (SSSR count). The van der Waals surface area contributed by atoms with E-state index in [2.05, 4.69) is 5.32 Å². The smallest absolute Gasteiger partial charge is 0.266 e. The summed E-state index contributed by atoms with van der Waals surface area (Å²) < 4.78 is 47.2. The van der Waals surface area contributed by atoms with Gasteiger partial charge in [0.2, 0.25) is 10.0 Å². The Kier molecular flexibility index (Phi) is 8.20. The molecule has 1 amide bonds. The Balaban J connectivity index is 1.76. The number of halogens is 1. The minimum absolute atomic E-state index is 0.100. The highest BCUT2D eigenvalue weighted by atomic mass is 32.2. The molecule has 0 spiro atoms. The van der Waals surface area contributed by atoms with Gasteiger partial charge in [-0.05, 0) is 72.7 Å². The lowest BCUT2D eigenvalue weighted by Gasteiger charge is -2.13. The molecule has 0 aliphatic rings. The highest BCUT2D eigenvalue weighted by Crippen LogP contribution is 2.30. The predicted molar refractivity (Wildman–Crippen MR) is 128 cm³/mol. The summed E-state index contributed by atoms with van der Waals surface area (Å²) in [6, 6.07) is 18.0. The SMILES string of the molecule is CCOc1cc(/C=C(/C#N)C(=O)Nc2ccc(S(N)(=O)=O)cc2)ccc1OCc1ccc(F)cc1. The van der Waals surface area contributed by atoms with Gasteiger partial charge in [0.1, 0.15) is 24.1 Å². The summed E-state index contributed by atoms with van der Waals surface area (Å²) in [4.78, 5) is 12.5. The molecule has 3 N–H and O–H groups in total. The van der Waals surface area contributed by atoms with Gasteiger partial charge < -0.3 is 14.8 Å². The highest BCUT2D eigenvalue weighted by Gasteiger charge is 2.13. The van der Waals surface area contributed by atoms with Crippen molar-refractivity contribution in [2.75, 3.05) is 11.9 Å². The van der Waals surface area contributed by atoms with Crippen LogP contribution in [-0.2, 0) is 21.4 Å². The summed E-state index contributed by atoms with van der Waals surface area (Å²) in [5, 5.41) is 17.1. The average Bonchev–Trinajstić information content (AvgIpc) is 2.83. The van der Waals surface area contributed by atoms with E-state index in [1.54, 1.807) is 30.3 Å². The fourth-order valence-electron chi connectivity index (χ4n) is 2.99. The van der Waals surface area contributed by atoms with E-state index in [1.165, 1.54) is 42.5 Å². The monoisotopic (exact) mass is 495 g/mol. The van der Waals surface area contributed by atoms with Crippen LogP contribution in [0.1, 0.15) is 18.1 Å². The maximum absolute atomic E-state index is 13.1. The van der Waals surface area contributed by atoms with Crippen LogP contribution in [0.25, 0.3) is 6.08 Å². The third-order valence-electron chi connectivity index (χ3n) is 4.69. The number of ether oxygens (including phenoxy) is 2. The summed E-state index contributed by atoms with van der Waals surface area (Å²) in [6.07, 6.45) is 1.39. The van der Waals surface area contributed by atoms with Gasteiger partial charge in [-0.25, -0.2) is 17.9 Å². The second-order valence-corrected chi connectivity index (χ2v) is 8.81. The van der Waals surface area contributed by atoms with Gasteiger partial charge in [-0.15, -0.1) is 0 Å². The van der Waals surface area contributed by atoms with Crippen molar-refractivity contribution in [3.05, 3.63) is 89.2 Å². The van der Waals surface area contributed by atoms with E-state index in [-0.39, 0.29) is 22.9 Å². The summed E-state index contributed by atoms with van der Waals surface area (Å²) >= 11 is 0. The van der Waals surface area contributed by atoms with Crippen LogP contribution >= 0.6 is 0 Å². The van der Waals surface area contributed by atoms with Crippen LogP contribution in [0.4, 0.5) is 10.1 Å². The first-order valence-corrected chi connectivity index (χ1v) is 11.9. The molecule has 0 aliphatic carbocycles. The zero-order chi connectivity index (χ0) is 25.4. The van der Waals surface area contributed by atoms with Crippen molar-refractivity contribution in [3.63, 3.8) is 0 Å². The number of anilines is 1. The van der Waals surface area contributed by atoms with Crippen LogP contribution in [0.3, 0.4) is 0 Å². The van der Waals surface area contributed by atoms with Crippen molar-refractivity contribution in [1.82, 2.24) is 0 Å². The molecule has 0 unspecified atom stereocenters. The normalized spacial score (nSPS) is 11.4. The minimum atomic E-state index is -3.86. The third kappa shape index (κ3) is 7.14. The fraction of sp³-hybridized carbons (Fsp3) is 0.120. The molecule has 0 saturated heterocycles. The number of nitrogens with one attached hydrogen (secondary N) is 1. The van der Waals surface area contributed by atoms with E-state index in [4.69, 9.17) is 14.6 Å². The number of hydrogen-bond acceptors (Lipinski definition) is 6. The van der Waals surface area contributed by atoms with Gasteiger partial charge in [0.25, 0.3) is 5.91 Å². The summed E-state index contributed by atoms with van der Waals surface area (Å²) in [5.41, 5.74) is 1.42. The molecule has 0 atom stereocenters. The predicted octanol–water partition coefficient (Wildman–Crippen LogP) is 4.00. The lowest BCUT2D eigenvalue weighted by atomic mass is 10.1. The molecule has 0 bridgehead atoms. The van der Waals surface area contributed by atoms with E-state index in [0.717, 1.165) is 5.56 Å². The average molecular weight is 496 g/mol. The lowest BCUT2D eigenvalue weighted by molar-refractivity contribution is -0.112. The van der Waals surface area contributed by atoms with Crippen LogP contribution in [0.2, 0.25) is 0 Å². The molecule has 0 heterocycles. The number of nitrogens with two attached hydrogens (primary N) is 1. The number of rotatable bonds is 9. The first kappa shape index (κ1) is 25.4. The van der Waals surface area contributed by atoms with E-state index < -0.39 is 15.9 Å². The summed E-state index contributed by atoms with van der Waals surface area (Å²) in [7, 11) is -3.86. The van der Waals surface area contributed by atoms with Crippen LogP contribution in [0.5, 0.6) is 11.5 Å². The Bertz CT molecular complexity index is 1380. The molecule has 0 fully saturated rings. The van der Waals surface area contributed by atoms with Crippen LogP contribution in [-0.4, -0.2) is 20.9 Å². The van der Waals surface area contributed by atoms with Crippen molar-refractivity contribution in [2.45, 2.75) is 18.4 Å². The molecule has 0 saturated carbocycles. The van der Waals surface area contributed by atoms with E-state index in [1.807, 2.05) is 13.0 Å². The Morgan fingerprint density at radius 3 is 2.34 bits per heavy atom. The van der Waals surface area contributed by atoms with Crippen molar-refractivity contribution in [1.29, 1.82) is 5.26 Å². The highest BCUT2D eigenvalue weighted by molar-refractivity contribution is 7.89. The Morgan fingerprint density at radius 2 is 1.74 bits per heavy atom. The number of carbonyl (C=O) groups is 1. The van der Waals surface area contributed by atoms with Gasteiger partial charge >= 0.3 is 0 Å². The Morgan fingerprint density at radius 1 is 1.06 bits per heavy atom. The van der Waals surface area contributed by atoms with Crippen molar-refractivity contribution in [3.8, 4) is 17.6 Å². The lowest BCUT2D eigenvalue weighted by Crippen LogP contribution is -2.14. The van der Waals surface area contributed by atoms with Gasteiger partial charge in [0.05, 0.1) is 11.5 Å². The number of hydrogen-bond donors (Lipinski definition) is 2. The second kappa shape index (κ2) is 11.3. The summed E-state index contributed by atoms with van der Waals surface area (Å²) in [5.74, 6) is -0.144. The van der Waals surface area contributed by atoms with E-state index >= 15 is 0 Å². The van der Waals surface area contributed by atoms with Crippen molar-refractivity contribution in [2.24, 2.45) is 5.14 Å². The topological polar surface area (TPSA) is 132 Å². The molecule has 0 aliphatic heterocycles. The number of amides is 1. The molecule has 10 heteroatoms. The number of benzene rings is 3. The first-order chi connectivity index (χ1) is 16.7. The van der Waals surface area contributed by atoms with Crippen LogP contribution in [0, 0.1) is 17.1 Å². The van der Waals surface area contributed by atoms with Crippen molar-refractivity contribution >= 4 is 27.7 Å². The van der Waals surface area contributed by atoms with Crippen LogP contribution < -0.4 is 19.9 Å². The van der Waals surface area contributed by atoms with Crippen molar-refractivity contribution < 1.29 is 27.1 Å². The molecular weight excluding hydrogens is 473 g/mol. The van der Waals surface area contributed by atoms with Gasteiger partial charge in [-0.2, -0.15) is 5.26 Å². The fourth-order valence-corrected chi connectivity index (χ4v) is 3.50. The number of nitrogens with zero attached hydrogens (tertiary/aromatic N) is 1. The molecule has 0 radical (unpaired) electrons. The third-order valence-corrected chi connectivity index (χ3v) is 5.62. The Labute approximate surface area is 202 Å². The van der Waals surface area contributed by atoms with E-state index in [9.17, 15) is 22.9 Å². The Hall–Kier alpha value is -4.20. The van der Waals surface area contributed by atoms with Gasteiger partial charge in [0.15, 0.2) is 11.5 Å². The first-order valence-electron chi connectivity index (χ1n) is 10.4. The quantitative estimate of drug-likeness (QED) is 0.341.